The average molecular weight is 257 g/mol. The van der Waals surface area contributed by atoms with Gasteiger partial charge in [-0.3, -0.25) is 4.79 Å². The van der Waals surface area contributed by atoms with E-state index in [1.165, 1.54) is 0 Å². The number of carbonyl (C=O) groups excluding carboxylic acids is 1. The maximum Gasteiger partial charge on any atom is 0.220 e. The van der Waals surface area contributed by atoms with Crippen molar-refractivity contribution in [1.29, 1.82) is 0 Å². The Hall–Kier alpha value is -0.720. The number of hydrogen-bond donors (Lipinski definition) is 2. The third kappa shape index (κ3) is 5.99. The molecule has 3 N–H and O–H groups in total. The summed E-state index contributed by atoms with van der Waals surface area (Å²) in [5.41, 5.74) is 5.28. The molecule has 6 heteroatoms. The minimum absolute atomic E-state index is 0.0552. The number of amides is 1. The van der Waals surface area contributed by atoms with Crippen LogP contribution >= 0.6 is 21.6 Å². The summed E-state index contributed by atoms with van der Waals surface area (Å²) in [5.74, 6) is 0.831. The van der Waals surface area contributed by atoms with Crippen LogP contribution in [0.3, 0.4) is 0 Å². The van der Waals surface area contributed by atoms with Crippen molar-refractivity contribution < 1.29 is 4.79 Å². The fourth-order valence-electron chi connectivity index (χ4n) is 0.933. The first-order chi connectivity index (χ1) is 7.83. The van der Waals surface area contributed by atoms with Crippen LogP contribution in [-0.2, 0) is 4.79 Å². The predicted molar refractivity (Wildman–Crippen MR) is 69.2 cm³/mol. The van der Waals surface area contributed by atoms with Gasteiger partial charge < -0.3 is 11.1 Å². The highest BCUT2D eigenvalue weighted by Gasteiger charge is 2.00. The SMILES string of the molecule is NCCNC(=O)CCSSc1ccccn1. The van der Waals surface area contributed by atoms with E-state index >= 15 is 0 Å². The summed E-state index contributed by atoms with van der Waals surface area (Å²) < 4.78 is 0. The molecule has 0 unspecified atom stereocenters. The number of rotatable bonds is 7. The second-order valence-electron chi connectivity index (χ2n) is 2.96. The molecular formula is C10H15N3OS2. The second-order valence-corrected chi connectivity index (χ2v) is 5.40. The van der Waals surface area contributed by atoms with E-state index in [9.17, 15) is 4.79 Å². The highest BCUT2D eigenvalue weighted by atomic mass is 33.1. The van der Waals surface area contributed by atoms with Gasteiger partial charge in [0, 0.05) is 31.5 Å². The second kappa shape index (κ2) is 8.43. The Morgan fingerprint density at radius 1 is 1.50 bits per heavy atom. The maximum atomic E-state index is 11.2. The van der Waals surface area contributed by atoms with Gasteiger partial charge in [-0.05, 0) is 22.9 Å². The highest BCUT2D eigenvalue weighted by Crippen LogP contribution is 2.29. The number of nitrogens with zero attached hydrogens (tertiary/aromatic N) is 1. The summed E-state index contributed by atoms with van der Waals surface area (Å²) in [6.45, 7) is 1.04. The zero-order chi connectivity index (χ0) is 11.6. The van der Waals surface area contributed by atoms with E-state index in [4.69, 9.17) is 5.73 Å². The van der Waals surface area contributed by atoms with Crippen LogP contribution in [0.4, 0.5) is 0 Å². The largest absolute Gasteiger partial charge is 0.355 e. The lowest BCUT2D eigenvalue weighted by Crippen LogP contribution is -2.29. The van der Waals surface area contributed by atoms with Crippen molar-refractivity contribution in [3.63, 3.8) is 0 Å². The van der Waals surface area contributed by atoms with Gasteiger partial charge in [0.05, 0.1) is 0 Å². The predicted octanol–water partition coefficient (Wildman–Crippen LogP) is 1.29. The molecule has 0 saturated carbocycles. The Bertz CT molecular complexity index is 308. The summed E-state index contributed by atoms with van der Waals surface area (Å²) in [6.07, 6.45) is 2.28. The van der Waals surface area contributed by atoms with E-state index < -0.39 is 0 Å². The molecule has 0 atom stereocenters. The molecule has 0 aliphatic heterocycles. The molecule has 1 heterocycles. The molecule has 0 aromatic carbocycles. The Kier molecular flexibility index (Phi) is 7.03. The summed E-state index contributed by atoms with van der Waals surface area (Å²) in [6, 6.07) is 5.78. The molecule has 0 radical (unpaired) electrons. The summed E-state index contributed by atoms with van der Waals surface area (Å²) in [4.78, 5) is 15.4. The van der Waals surface area contributed by atoms with E-state index in [2.05, 4.69) is 10.3 Å². The van der Waals surface area contributed by atoms with Crippen LogP contribution in [0.2, 0.25) is 0 Å². The van der Waals surface area contributed by atoms with E-state index in [0.29, 0.717) is 19.5 Å². The van der Waals surface area contributed by atoms with Crippen molar-refractivity contribution in [2.24, 2.45) is 5.73 Å². The average Bonchev–Trinajstić information content (AvgIpc) is 2.33. The molecule has 0 spiro atoms. The number of nitrogens with one attached hydrogen (secondary N) is 1. The first-order valence-corrected chi connectivity index (χ1v) is 7.32. The van der Waals surface area contributed by atoms with Gasteiger partial charge in [-0.2, -0.15) is 0 Å². The molecular weight excluding hydrogens is 242 g/mol. The number of hydrogen-bond acceptors (Lipinski definition) is 5. The molecule has 1 aromatic rings. The molecule has 0 bridgehead atoms. The monoisotopic (exact) mass is 257 g/mol. The zero-order valence-electron chi connectivity index (χ0n) is 8.89. The molecule has 0 fully saturated rings. The zero-order valence-corrected chi connectivity index (χ0v) is 10.5. The van der Waals surface area contributed by atoms with Crippen molar-refractivity contribution in [3.8, 4) is 0 Å². The molecule has 88 valence electrons. The van der Waals surface area contributed by atoms with Crippen LogP contribution < -0.4 is 11.1 Å². The first-order valence-electron chi connectivity index (χ1n) is 5.00. The first kappa shape index (κ1) is 13.3. The van der Waals surface area contributed by atoms with Crippen LogP contribution in [-0.4, -0.2) is 29.7 Å². The van der Waals surface area contributed by atoms with Crippen molar-refractivity contribution in [2.45, 2.75) is 11.4 Å². The molecule has 4 nitrogen and oxygen atoms in total. The van der Waals surface area contributed by atoms with Gasteiger partial charge >= 0.3 is 0 Å². The van der Waals surface area contributed by atoms with Crippen molar-refractivity contribution in [1.82, 2.24) is 10.3 Å². The van der Waals surface area contributed by atoms with E-state index in [1.54, 1.807) is 27.8 Å². The molecule has 16 heavy (non-hydrogen) atoms. The fourth-order valence-corrected chi connectivity index (χ4v) is 2.80. The molecule has 0 aliphatic carbocycles. The van der Waals surface area contributed by atoms with E-state index in [1.807, 2.05) is 18.2 Å². The molecule has 1 rings (SSSR count). The Labute approximate surface area is 103 Å². The molecule has 0 saturated heterocycles. The normalized spacial score (nSPS) is 10.1. The van der Waals surface area contributed by atoms with Gasteiger partial charge in [-0.15, -0.1) is 0 Å². The summed E-state index contributed by atoms with van der Waals surface area (Å²) in [7, 11) is 3.22. The maximum absolute atomic E-state index is 11.2. The third-order valence-electron chi connectivity index (χ3n) is 1.66. The Morgan fingerprint density at radius 2 is 2.38 bits per heavy atom. The van der Waals surface area contributed by atoms with Crippen LogP contribution in [0.25, 0.3) is 0 Å². The van der Waals surface area contributed by atoms with Crippen LogP contribution in [0.1, 0.15) is 6.42 Å². The Balaban J connectivity index is 2.06. The van der Waals surface area contributed by atoms with Gasteiger partial charge in [0.15, 0.2) is 0 Å². The number of carbonyl (C=O) groups is 1. The highest BCUT2D eigenvalue weighted by molar-refractivity contribution is 8.76. The number of pyridine rings is 1. The van der Waals surface area contributed by atoms with E-state index in [0.717, 1.165) is 10.8 Å². The summed E-state index contributed by atoms with van der Waals surface area (Å²) >= 11 is 0. The Morgan fingerprint density at radius 3 is 3.06 bits per heavy atom. The fraction of sp³-hybridized carbons (Fsp3) is 0.400. The van der Waals surface area contributed by atoms with Crippen molar-refractivity contribution >= 4 is 27.5 Å². The minimum Gasteiger partial charge on any atom is -0.355 e. The molecule has 1 aromatic heterocycles. The number of nitrogens with two attached hydrogens (primary N) is 1. The lowest BCUT2D eigenvalue weighted by molar-refractivity contribution is -0.120. The van der Waals surface area contributed by atoms with Gasteiger partial charge in [0.25, 0.3) is 0 Å². The lowest BCUT2D eigenvalue weighted by atomic mass is 10.4. The minimum atomic E-state index is 0.0552. The quantitative estimate of drug-likeness (QED) is 0.569. The van der Waals surface area contributed by atoms with Crippen LogP contribution in [0.15, 0.2) is 29.4 Å². The van der Waals surface area contributed by atoms with Gasteiger partial charge in [-0.1, -0.05) is 16.9 Å². The molecule has 1 amide bonds. The van der Waals surface area contributed by atoms with Gasteiger partial charge in [-0.25, -0.2) is 4.98 Å². The van der Waals surface area contributed by atoms with Crippen LogP contribution in [0, 0.1) is 0 Å². The van der Waals surface area contributed by atoms with Gasteiger partial charge in [0.1, 0.15) is 5.03 Å². The topological polar surface area (TPSA) is 68.0 Å². The van der Waals surface area contributed by atoms with Gasteiger partial charge in [0.2, 0.25) is 5.91 Å². The number of aromatic nitrogens is 1. The third-order valence-corrected chi connectivity index (χ3v) is 3.93. The molecule has 0 aliphatic rings. The van der Waals surface area contributed by atoms with Crippen molar-refractivity contribution in [3.05, 3.63) is 24.4 Å². The summed E-state index contributed by atoms with van der Waals surface area (Å²) in [5, 5.41) is 3.70. The van der Waals surface area contributed by atoms with Crippen molar-refractivity contribution in [2.75, 3.05) is 18.8 Å². The lowest BCUT2D eigenvalue weighted by Gasteiger charge is -2.02. The standard InChI is InChI=1S/C10H15N3OS2/c11-5-7-12-9(14)4-8-15-16-10-3-1-2-6-13-10/h1-3,6H,4-5,7-8,11H2,(H,12,14). The van der Waals surface area contributed by atoms with E-state index in [-0.39, 0.29) is 5.91 Å². The van der Waals surface area contributed by atoms with Crippen LogP contribution in [0.5, 0.6) is 0 Å². The smallest absolute Gasteiger partial charge is 0.220 e.